The van der Waals surface area contributed by atoms with E-state index in [0.717, 1.165) is 25.7 Å². The van der Waals surface area contributed by atoms with E-state index in [9.17, 15) is 8.76 Å². The summed E-state index contributed by atoms with van der Waals surface area (Å²) in [6.07, 6.45) is 10.3. The molecule has 1 unspecified atom stereocenters. The fraction of sp³-hybridized carbons (Fsp3) is 1.00. The fourth-order valence-electron chi connectivity index (χ4n) is 1.96. The van der Waals surface area contributed by atoms with E-state index in [-0.39, 0.29) is 5.25 Å². The van der Waals surface area contributed by atoms with E-state index >= 15 is 0 Å². The molecule has 0 bridgehead atoms. The Balaban J connectivity index is 2.30. The highest BCUT2D eigenvalue weighted by molar-refractivity contribution is 7.79. The summed E-state index contributed by atoms with van der Waals surface area (Å²) in [6.45, 7) is 0. The van der Waals surface area contributed by atoms with Crippen LogP contribution in [0.25, 0.3) is 0 Å². The quantitative estimate of drug-likeness (QED) is 0.615. The summed E-state index contributed by atoms with van der Waals surface area (Å²) in [5.41, 5.74) is 0. The number of hydrogen-bond donors (Lipinski definition) is 0. The van der Waals surface area contributed by atoms with Crippen molar-refractivity contribution in [3.63, 3.8) is 0 Å². The van der Waals surface area contributed by atoms with Gasteiger partial charge in [0.1, 0.15) is 0 Å². The van der Waals surface area contributed by atoms with Gasteiger partial charge in [0.2, 0.25) is 0 Å². The van der Waals surface area contributed by atoms with Crippen LogP contribution in [0.4, 0.5) is 0 Å². The van der Waals surface area contributed by atoms with Gasteiger partial charge in [0, 0.05) is 5.25 Å². The predicted octanol–water partition coefficient (Wildman–Crippen LogP) is 2.76. The summed E-state index contributed by atoms with van der Waals surface area (Å²) >= 11 is -1.83. The first-order valence-electron chi connectivity index (χ1n) is 5.39. The molecule has 1 fully saturated rings. The van der Waals surface area contributed by atoms with Gasteiger partial charge in [0.15, 0.2) is 0 Å². The van der Waals surface area contributed by atoms with Gasteiger partial charge >= 0.3 is 0 Å². The standard InChI is InChI=1S/C10H20O2S/c11-13(12)10-8-6-4-2-1-3-5-7-9-10/h10H,1-9H2,(H,11,12)/p-1. The molecule has 0 spiro atoms. The Hall–Kier alpha value is 0.110. The van der Waals surface area contributed by atoms with Crippen molar-refractivity contribution in [1.82, 2.24) is 0 Å². The minimum atomic E-state index is -1.83. The maximum atomic E-state index is 10.8. The van der Waals surface area contributed by atoms with E-state index in [1.165, 1.54) is 32.1 Å². The van der Waals surface area contributed by atoms with Crippen molar-refractivity contribution in [3.05, 3.63) is 0 Å². The van der Waals surface area contributed by atoms with Crippen molar-refractivity contribution in [3.8, 4) is 0 Å². The molecule has 0 aliphatic heterocycles. The van der Waals surface area contributed by atoms with Gasteiger partial charge in [-0.25, -0.2) is 0 Å². The van der Waals surface area contributed by atoms with Crippen LogP contribution in [0.3, 0.4) is 0 Å². The van der Waals surface area contributed by atoms with Crippen LogP contribution in [0.1, 0.15) is 57.8 Å². The van der Waals surface area contributed by atoms with E-state index in [4.69, 9.17) is 0 Å². The molecule has 0 amide bonds. The number of rotatable bonds is 1. The Morgan fingerprint density at radius 2 is 1.23 bits per heavy atom. The molecule has 1 rings (SSSR count). The van der Waals surface area contributed by atoms with Crippen LogP contribution in [-0.4, -0.2) is 14.0 Å². The molecule has 1 aliphatic carbocycles. The Labute approximate surface area is 83.4 Å². The smallest absolute Gasteiger partial charge is 0.0215 e. The molecule has 2 nitrogen and oxygen atoms in total. The largest absolute Gasteiger partial charge is 0.772 e. The van der Waals surface area contributed by atoms with Gasteiger partial charge < -0.3 is 4.55 Å². The van der Waals surface area contributed by atoms with Gasteiger partial charge in [0.25, 0.3) is 0 Å². The molecular weight excluding hydrogens is 184 g/mol. The van der Waals surface area contributed by atoms with E-state index < -0.39 is 11.1 Å². The highest BCUT2D eigenvalue weighted by Crippen LogP contribution is 2.19. The topological polar surface area (TPSA) is 40.1 Å². The maximum absolute atomic E-state index is 10.8. The van der Waals surface area contributed by atoms with E-state index in [0.29, 0.717) is 0 Å². The first kappa shape index (κ1) is 11.2. The maximum Gasteiger partial charge on any atom is 0.0215 e. The van der Waals surface area contributed by atoms with Gasteiger partial charge in [-0.2, -0.15) is 0 Å². The van der Waals surface area contributed by atoms with Crippen LogP contribution in [0, 0.1) is 0 Å². The van der Waals surface area contributed by atoms with E-state index in [1.807, 2.05) is 0 Å². The monoisotopic (exact) mass is 203 g/mol. The first-order chi connectivity index (χ1) is 6.30. The molecule has 0 saturated heterocycles. The molecule has 0 heterocycles. The molecule has 0 N–H and O–H groups in total. The first-order valence-corrected chi connectivity index (χ1v) is 6.52. The van der Waals surface area contributed by atoms with E-state index in [2.05, 4.69) is 0 Å². The highest BCUT2D eigenvalue weighted by atomic mass is 32.2. The summed E-state index contributed by atoms with van der Waals surface area (Å²) < 4.78 is 21.6. The average Bonchev–Trinajstić information content (AvgIpc) is 2.14. The molecule has 13 heavy (non-hydrogen) atoms. The van der Waals surface area contributed by atoms with Crippen molar-refractivity contribution < 1.29 is 8.76 Å². The lowest BCUT2D eigenvalue weighted by atomic mass is 10.0. The predicted molar refractivity (Wildman–Crippen MR) is 54.3 cm³/mol. The van der Waals surface area contributed by atoms with Crippen LogP contribution in [0.15, 0.2) is 0 Å². The lowest BCUT2D eigenvalue weighted by Gasteiger charge is -2.20. The highest BCUT2D eigenvalue weighted by Gasteiger charge is 2.09. The normalized spacial score (nSPS) is 25.3. The molecule has 1 atom stereocenters. The van der Waals surface area contributed by atoms with Gasteiger partial charge in [-0.3, -0.25) is 4.21 Å². The molecule has 0 aromatic carbocycles. The molecule has 0 radical (unpaired) electrons. The zero-order valence-corrected chi connectivity index (χ0v) is 8.98. The molecular formula is C10H19O2S-. The summed E-state index contributed by atoms with van der Waals surface area (Å²) in [5.74, 6) is 0. The lowest BCUT2D eigenvalue weighted by molar-refractivity contribution is 0.471. The van der Waals surface area contributed by atoms with Gasteiger partial charge in [0.05, 0.1) is 0 Å². The zero-order chi connectivity index (χ0) is 9.52. The molecule has 1 aliphatic rings. The Morgan fingerprint density at radius 1 is 0.846 bits per heavy atom. The second-order valence-corrected chi connectivity index (χ2v) is 5.12. The number of hydrogen-bond acceptors (Lipinski definition) is 2. The van der Waals surface area contributed by atoms with Gasteiger partial charge in [-0.1, -0.05) is 56.0 Å². The summed E-state index contributed by atoms with van der Waals surface area (Å²) in [7, 11) is 0. The summed E-state index contributed by atoms with van der Waals surface area (Å²) in [6, 6.07) is 0. The summed E-state index contributed by atoms with van der Waals surface area (Å²) in [5, 5.41) is -0.0573. The van der Waals surface area contributed by atoms with Crippen molar-refractivity contribution >= 4 is 11.1 Å². The van der Waals surface area contributed by atoms with Crippen LogP contribution in [0.5, 0.6) is 0 Å². The van der Waals surface area contributed by atoms with Crippen LogP contribution in [-0.2, 0) is 11.1 Å². The molecule has 0 aromatic rings. The third-order valence-corrected chi connectivity index (χ3v) is 3.84. The van der Waals surface area contributed by atoms with Crippen LogP contribution >= 0.6 is 0 Å². The van der Waals surface area contributed by atoms with Crippen molar-refractivity contribution in [2.45, 2.75) is 63.0 Å². The molecule has 1 saturated carbocycles. The fourth-order valence-corrected chi connectivity index (χ4v) is 2.68. The summed E-state index contributed by atoms with van der Waals surface area (Å²) in [4.78, 5) is 0. The second-order valence-electron chi connectivity index (χ2n) is 3.93. The Morgan fingerprint density at radius 3 is 1.62 bits per heavy atom. The van der Waals surface area contributed by atoms with Gasteiger partial charge in [-0.15, -0.1) is 0 Å². The average molecular weight is 203 g/mol. The van der Waals surface area contributed by atoms with Crippen LogP contribution < -0.4 is 0 Å². The molecule has 78 valence electrons. The minimum Gasteiger partial charge on any atom is -0.772 e. The SMILES string of the molecule is O=S([O-])C1CCCCCCCCC1. The van der Waals surface area contributed by atoms with Crippen molar-refractivity contribution in [1.29, 1.82) is 0 Å². The third kappa shape index (κ3) is 4.77. The van der Waals surface area contributed by atoms with Crippen LogP contribution in [0.2, 0.25) is 0 Å². The van der Waals surface area contributed by atoms with Crippen molar-refractivity contribution in [2.24, 2.45) is 0 Å². The molecule has 0 aromatic heterocycles. The zero-order valence-electron chi connectivity index (χ0n) is 8.17. The van der Waals surface area contributed by atoms with Gasteiger partial charge in [-0.05, 0) is 12.8 Å². The Kier molecular flexibility index (Phi) is 5.63. The molecule has 3 heteroatoms. The Bertz CT molecular complexity index is 149. The second kappa shape index (κ2) is 6.55. The third-order valence-electron chi connectivity index (χ3n) is 2.82. The van der Waals surface area contributed by atoms with E-state index in [1.54, 1.807) is 0 Å². The minimum absolute atomic E-state index is 0.0573. The lowest BCUT2D eigenvalue weighted by Crippen LogP contribution is -2.15. The van der Waals surface area contributed by atoms with Crippen molar-refractivity contribution in [2.75, 3.05) is 0 Å².